The van der Waals surface area contributed by atoms with Gasteiger partial charge in [-0.2, -0.15) is 0 Å². The topological polar surface area (TPSA) is 0 Å². The summed E-state index contributed by atoms with van der Waals surface area (Å²) < 4.78 is 0. The van der Waals surface area contributed by atoms with E-state index in [1.54, 1.807) is 0 Å². The van der Waals surface area contributed by atoms with Crippen LogP contribution < -0.4 is 0 Å². The van der Waals surface area contributed by atoms with Gasteiger partial charge in [0.15, 0.2) is 0 Å². The van der Waals surface area contributed by atoms with Crippen LogP contribution in [0.15, 0.2) is 170 Å². The quantitative estimate of drug-likeness (QED) is 0.154. The van der Waals surface area contributed by atoms with Crippen LogP contribution in [0.2, 0.25) is 0 Å². The molecule has 0 saturated heterocycles. The second kappa shape index (κ2) is 15.2. The minimum absolute atomic E-state index is 0.0106. The largest absolute Gasteiger partial charge is 0.0616 e. The first-order valence-corrected chi connectivity index (χ1v) is 25.5. The lowest BCUT2D eigenvalue weighted by atomic mass is 9.81. The van der Waals surface area contributed by atoms with E-state index in [1.807, 2.05) is 0 Å². The van der Waals surface area contributed by atoms with E-state index < -0.39 is 0 Å². The van der Waals surface area contributed by atoms with Crippen LogP contribution in [0.5, 0.6) is 0 Å². The van der Waals surface area contributed by atoms with Gasteiger partial charge in [0.2, 0.25) is 0 Å². The summed E-state index contributed by atoms with van der Waals surface area (Å²) in [5.74, 6) is 0. The van der Waals surface area contributed by atoms with Gasteiger partial charge in [0, 0.05) is 0 Å². The summed E-state index contributed by atoms with van der Waals surface area (Å²) in [6.45, 7) is 27.8. The molecule has 0 aliphatic heterocycles. The van der Waals surface area contributed by atoms with Crippen LogP contribution in [0, 0.1) is 0 Å². The van der Waals surface area contributed by atoms with Crippen molar-refractivity contribution in [2.45, 2.75) is 105 Å². The number of hydrogen-bond acceptors (Lipinski definition) is 0. The van der Waals surface area contributed by atoms with Crippen molar-refractivity contribution < 1.29 is 0 Å². The maximum absolute atomic E-state index is 2.56. The van der Waals surface area contributed by atoms with Crippen molar-refractivity contribution in [3.8, 4) is 44.5 Å². The molecule has 0 atom stereocenters. The molecule has 0 spiro atoms. The molecule has 0 N–H and O–H groups in total. The summed E-state index contributed by atoms with van der Waals surface area (Å²) >= 11 is 0. The van der Waals surface area contributed by atoms with E-state index in [2.05, 4.69) is 253 Å². The first-order valence-electron chi connectivity index (χ1n) is 25.5. The van der Waals surface area contributed by atoms with Crippen LogP contribution in [0.1, 0.15) is 105 Å². The molecule has 0 saturated carbocycles. The van der Waals surface area contributed by atoms with E-state index in [0.29, 0.717) is 0 Å². The molecule has 0 unspecified atom stereocenters. The summed E-state index contributed by atoms with van der Waals surface area (Å²) in [7, 11) is 0. The molecule has 12 aromatic carbocycles. The average molecular weight is 905 g/mol. The van der Waals surface area contributed by atoms with E-state index in [4.69, 9.17) is 0 Å². The molecule has 0 radical (unpaired) electrons. The fourth-order valence-electron chi connectivity index (χ4n) is 11.8. The van der Waals surface area contributed by atoms with Crippen molar-refractivity contribution in [2.24, 2.45) is 0 Å². The Bertz CT molecular complexity index is 4030. The molecule has 0 nitrogen and oxygen atoms in total. The zero-order valence-electron chi connectivity index (χ0n) is 43.2. The summed E-state index contributed by atoms with van der Waals surface area (Å²) in [6, 6.07) is 66.4. The fraction of sp³-hybridized carbons (Fsp3) is 0.229. The molecule has 0 heterocycles. The number of benzene rings is 10. The smallest absolute Gasteiger partial charge is 0.00137 e. The van der Waals surface area contributed by atoms with Gasteiger partial charge in [-0.05, 0) is 194 Å². The maximum Gasteiger partial charge on any atom is -0.00137 e. The zero-order valence-corrected chi connectivity index (χ0v) is 43.2. The van der Waals surface area contributed by atoms with E-state index >= 15 is 0 Å². The van der Waals surface area contributed by atoms with Gasteiger partial charge < -0.3 is 0 Å². The van der Waals surface area contributed by atoms with Gasteiger partial charge in [-0.15, -0.1) is 0 Å². The minimum atomic E-state index is -0.0117. The summed E-state index contributed by atoms with van der Waals surface area (Å²) in [5, 5.41) is 18.5. The zero-order chi connectivity index (χ0) is 48.8. The molecule has 0 aliphatic carbocycles. The molecular formula is C70H64. The molecule has 0 amide bonds. The molecular weight excluding hydrogens is 841 g/mol. The number of fused-ring (bicyclic) bond motifs is 9. The third-order valence-corrected chi connectivity index (χ3v) is 15.8. The summed E-state index contributed by atoms with van der Waals surface area (Å²) in [4.78, 5) is 0. The lowest BCUT2D eigenvalue weighted by Crippen LogP contribution is -2.11. The number of hydrogen-bond donors (Lipinski definition) is 0. The van der Waals surface area contributed by atoms with E-state index in [9.17, 15) is 0 Å². The van der Waals surface area contributed by atoms with Crippen LogP contribution in [0.25, 0.3) is 120 Å². The molecule has 0 fully saturated rings. The Kier molecular flexibility index (Phi) is 9.62. The van der Waals surface area contributed by atoms with Gasteiger partial charge >= 0.3 is 0 Å². The Morgan fingerprint density at radius 2 is 0.557 bits per heavy atom. The lowest BCUT2D eigenvalue weighted by Gasteiger charge is -2.23. The fourth-order valence-corrected chi connectivity index (χ4v) is 11.8. The molecule has 0 heteroatoms. The van der Waals surface area contributed by atoms with Gasteiger partial charge in [0.1, 0.15) is 0 Å². The maximum atomic E-state index is 2.56. The predicted molar refractivity (Wildman–Crippen MR) is 308 cm³/mol. The first kappa shape index (κ1) is 44.2. The van der Waals surface area contributed by atoms with E-state index in [0.717, 1.165) is 0 Å². The Hall–Kier alpha value is -7.02. The van der Waals surface area contributed by atoms with Crippen LogP contribution in [0.3, 0.4) is 0 Å². The molecule has 344 valence electrons. The number of rotatable bonds is 4. The van der Waals surface area contributed by atoms with Gasteiger partial charge in [0.05, 0.1) is 0 Å². The molecule has 0 bridgehead atoms. The highest BCUT2D eigenvalue weighted by atomic mass is 14.3. The Labute approximate surface area is 414 Å². The highest BCUT2D eigenvalue weighted by molar-refractivity contribution is 6.42. The van der Waals surface area contributed by atoms with E-state index in [-0.39, 0.29) is 21.7 Å². The second-order valence-electron chi connectivity index (χ2n) is 24.6. The minimum Gasteiger partial charge on any atom is -0.0616 e. The van der Waals surface area contributed by atoms with E-state index in [1.165, 1.54) is 142 Å². The Morgan fingerprint density at radius 1 is 0.200 bits per heavy atom. The van der Waals surface area contributed by atoms with Crippen molar-refractivity contribution in [2.75, 3.05) is 0 Å². The van der Waals surface area contributed by atoms with Gasteiger partial charge in [-0.3, -0.25) is 0 Å². The molecule has 12 rings (SSSR count). The highest BCUT2D eigenvalue weighted by Gasteiger charge is 2.26. The first-order chi connectivity index (χ1) is 33.2. The lowest BCUT2D eigenvalue weighted by molar-refractivity contribution is 0.590. The average Bonchev–Trinajstić information content (AvgIpc) is 3.84. The predicted octanol–water partition coefficient (Wildman–Crippen LogP) is 20.5. The highest BCUT2D eigenvalue weighted by Crippen LogP contribution is 2.52. The summed E-state index contributed by atoms with van der Waals surface area (Å²) in [5.41, 5.74) is 15.7. The molecule has 0 aliphatic rings. The van der Waals surface area contributed by atoms with Crippen LogP contribution in [-0.4, -0.2) is 0 Å². The third kappa shape index (κ3) is 6.93. The molecule has 12 aromatic rings. The second-order valence-corrected chi connectivity index (χ2v) is 24.6. The molecule has 70 heavy (non-hydrogen) atoms. The van der Waals surface area contributed by atoms with Crippen molar-refractivity contribution in [1.82, 2.24) is 0 Å². The van der Waals surface area contributed by atoms with Crippen molar-refractivity contribution in [1.29, 1.82) is 0 Å². The standard InChI is InChI=1S/C70H64/c1-67(2,3)44-25-21-41(22-26-44)48-31-29-46(69(7,8)9)37-56(48)43-35-60-50-17-13-14-18-51(50)62-39-58-55-34-33-54(65-53-20-16-15-19-52(53)63(66(55)65)40-59(58)61(36-43)64(60)62)57-38-47(70(10,11)12)30-32-49(57)42-23-27-45(28-24-42)68(4,5)6/h13-40H,1-12H3. The SMILES string of the molecule is CC(C)(C)c1ccc(-c2ccc(C(C)(C)C)cc2-c2cc3c4ccccc4c4cc5c(cc6c7ccccc7c7c(-c8cc(C(C)(C)C)ccc8-c8ccc(C(C)(C)C)cc8)ccc5c67)c(c2)c34)cc1. The van der Waals surface area contributed by atoms with Crippen LogP contribution >= 0.6 is 0 Å². The normalized spacial score (nSPS) is 13.1. The molecule has 0 aromatic heterocycles. The Balaban J connectivity index is 1.17. The monoisotopic (exact) mass is 905 g/mol. The van der Waals surface area contributed by atoms with Crippen molar-refractivity contribution in [3.63, 3.8) is 0 Å². The van der Waals surface area contributed by atoms with Gasteiger partial charge in [-0.25, -0.2) is 0 Å². The van der Waals surface area contributed by atoms with Crippen molar-refractivity contribution >= 4 is 75.4 Å². The Morgan fingerprint density at radius 3 is 1.06 bits per heavy atom. The van der Waals surface area contributed by atoms with Crippen molar-refractivity contribution in [3.05, 3.63) is 192 Å². The third-order valence-electron chi connectivity index (χ3n) is 15.8. The van der Waals surface area contributed by atoms with Gasteiger partial charge in [0.25, 0.3) is 0 Å². The van der Waals surface area contributed by atoms with Gasteiger partial charge in [-0.1, -0.05) is 223 Å². The van der Waals surface area contributed by atoms with Crippen LogP contribution in [0.4, 0.5) is 0 Å². The van der Waals surface area contributed by atoms with Crippen LogP contribution in [-0.2, 0) is 21.7 Å². The summed E-state index contributed by atoms with van der Waals surface area (Å²) in [6.07, 6.45) is 0.